The molecule has 0 bridgehead atoms. The molecule has 3 amide bonds. The molecule has 2 rings (SSSR count). The number of urea groups is 1. The highest BCUT2D eigenvalue weighted by Crippen LogP contribution is 2.29. The second-order valence-corrected chi connectivity index (χ2v) is 4.92. The summed E-state index contributed by atoms with van der Waals surface area (Å²) in [7, 11) is 1.47. The predicted molar refractivity (Wildman–Crippen MR) is 75.8 cm³/mol. The van der Waals surface area contributed by atoms with Crippen molar-refractivity contribution in [3.63, 3.8) is 0 Å². The second kappa shape index (κ2) is 6.86. The number of carbonyl (C=O) groups excluding carboxylic acids is 2. The van der Waals surface area contributed by atoms with Crippen LogP contribution >= 0.6 is 0 Å². The van der Waals surface area contributed by atoms with E-state index in [9.17, 15) is 22.8 Å². The van der Waals surface area contributed by atoms with Crippen LogP contribution in [0.5, 0.6) is 0 Å². The molecule has 0 saturated carbocycles. The number of benzene rings is 1. The summed E-state index contributed by atoms with van der Waals surface area (Å²) in [5, 5.41) is 4.94. The Kier molecular flexibility index (Phi) is 5.09. The fourth-order valence-corrected chi connectivity index (χ4v) is 2.10. The maximum Gasteiger partial charge on any atom is 0.416 e. The summed E-state index contributed by atoms with van der Waals surface area (Å²) in [5.41, 5.74) is -0.549. The summed E-state index contributed by atoms with van der Waals surface area (Å²) >= 11 is 0. The molecule has 2 N–H and O–H groups in total. The van der Waals surface area contributed by atoms with Crippen molar-refractivity contribution in [1.29, 1.82) is 0 Å². The third kappa shape index (κ3) is 4.35. The number of hydrogen-bond donors (Lipinski definition) is 2. The lowest BCUT2D eigenvalue weighted by Gasteiger charge is -2.31. The van der Waals surface area contributed by atoms with Crippen LogP contribution in [0.3, 0.4) is 0 Å². The van der Waals surface area contributed by atoms with Gasteiger partial charge in [-0.3, -0.25) is 4.79 Å². The number of alkyl halides is 3. The monoisotopic (exact) mass is 331 g/mol. The fourth-order valence-electron chi connectivity index (χ4n) is 2.10. The molecule has 0 radical (unpaired) electrons. The molecule has 1 aliphatic heterocycles. The highest BCUT2D eigenvalue weighted by molar-refractivity contribution is 5.90. The van der Waals surface area contributed by atoms with Gasteiger partial charge in [-0.2, -0.15) is 13.2 Å². The largest absolute Gasteiger partial charge is 0.416 e. The summed E-state index contributed by atoms with van der Waals surface area (Å²) < 4.78 is 42.7. The molecule has 1 aromatic carbocycles. The van der Waals surface area contributed by atoms with Gasteiger partial charge < -0.3 is 20.3 Å². The maximum absolute atomic E-state index is 12.5. The molecule has 1 aliphatic rings. The van der Waals surface area contributed by atoms with Crippen molar-refractivity contribution >= 4 is 17.6 Å². The molecule has 126 valence electrons. The van der Waals surface area contributed by atoms with Crippen LogP contribution in [0.1, 0.15) is 5.56 Å². The van der Waals surface area contributed by atoms with Gasteiger partial charge in [0.05, 0.1) is 18.7 Å². The predicted octanol–water partition coefficient (Wildman–Crippen LogP) is 1.68. The molecule has 1 fully saturated rings. The Labute approximate surface area is 130 Å². The van der Waals surface area contributed by atoms with E-state index < -0.39 is 23.9 Å². The Balaban J connectivity index is 1.97. The average Bonchev–Trinajstić information content (AvgIpc) is 2.54. The van der Waals surface area contributed by atoms with Crippen LogP contribution in [0, 0.1) is 0 Å². The molecule has 1 aromatic rings. The van der Waals surface area contributed by atoms with Crippen molar-refractivity contribution in [3.05, 3.63) is 29.8 Å². The van der Waals surface area contributed by atoms with Crippen LogP contribution in [0.4, 0.5) is 23.7 Å². The van der Waals surface area contributed by atoms with Gasteiger partial charge >= 0.3 is 12.2 Å². The molecule has 0 unspecified atom stereocenters. The smallest absolute Gasteiger partial charge is 0.365 e. The Morgan fingerprint density at radius 2 is 1.91 bits per heavy atom. The van der Waals surface area contributed by atoms with E-state index in [1.165, 1.54) is 24.1 Å². The van der Waals surface area contributed by atoms with Crippen LogP contribution < -0.4 is 10.6 Å². The van der Waals surface area contributed by atoms with E-state index in [2.05, 4.69) is 10.6 Å². The lowest BCUT2D eigenvalue weighted by molar-refractivity contribution is -0.137. The van der Waals surface area contributed by atoms with E-state index in [1.54, 1.807) is 0 Å². The number of halogens is 3. The summed E-state index contributed by atoms with van der Waals surface area (Å²) in [5.74, 6) is -0.336. The summed E-state index contributed by atoms with van der Waals surface area (Å²) in [4.78, 5) is 25.0. The first-order valence-electron chi connectivity index (χ1n) is 6.87. The normalized spacial score (nSPS) is 18.4. The van der Waals surface area contributed by atoms with Gasteiger partial charge in [0.25, 0.3) is 5.91 Å². The van der Waals surface area contributed by atoms with Crippen molar-refractivity contribution in [1.82, 2.24) is 10.2 Å². The average molecular weight is 331 g/mol. The highest BCUT2D eigenvalue weighted by atomic mass is 19.4. The molecular weight excluding hydrogens is 315 g/mol. The molecule has 23 heavy (non-hydrogen) atoms. The number of nitrogens with one attached hydrogen (secondary N) is 2. The van der Waals surface area contributed by atoms with E-state index in [-0.39, 0.29) is 24.7 Å². The first-order chi connectivity index (χ1) is 10.8. The highest BCUT2D eigenvalue weighted by Gasteiger charge is 2.31. The van der Waals surface area contributed by atoms with Crippen molar-refractivity contribution in [3.8, 4) is 0 Å². The second-order valence-electron chi connectivity index (χ2n) is 4.92. The number of carbonyl (C=O) groups is 2. The molecule has 0 spiro atoms. The Morgan fingerprint density at radius 1 is 1.26 bits per heavy atom. The van der Waals surface area contributed by atoms with Gasteiger partial charge in [-0.15, -0.1) is 0 Å². The zero-order valence-corrected chi connectivity index (χ0v) is 12.3. The van der Waals surface area contributed by atoms with Gasteiger partial charge in [0.1, 0.15) is 0 Å². The van der Waals surface area contributed by atoms with Crippen LogP contribution in [0.15, 0.2) is 24.3 Å². The van der Waals surface area contributed by atoms with Crippen LogP contribution in [0.25, 0.3) is 0 Å². The third-order valence-electron chi connectivity index (χ3n) is 3.36. The quantitative estimate of drug-likeness (QED) is 0.866. The molecule has 1 heterocycles. The summed E-state index contributed by atoms with van der Waals surface area (Å²) in [6.07, 6.45) is -5.18. The van der Waals surface area contributed by atoms with Crippen molar-refractivity contribution < 1.29 is 27.5 Å². The zero-order valence-electron chi connectivity index (χ0n) is 12.3. The number of ether oxygens (including phenoxy) is 1. The van der Waals surface area contributed by atoms with Crippen molar-refractivity contribution in [2.45, 2.75) is 12.3 Å². The maximum atomic E-state index is 12.5. The Morgan fingerprint density at radius 3 is 2.48 bits per heavy atom. The van der Waals surface area contributed by atoms with E-state index in [1.807, 2.05) is 0 Å². The minimum Gasteiger partial charge on any atom is -0.365 e. The van der Waals surface area contributed by atoms with E-state index >= 15 is 0 Å². The number of anilines is 1. The van der Waals surface area contributed by atoms with Crippen molar-refractivity contribution in [2.24, 2.45) is 0 Å². The molecule has 0 aromatic heterocycles. The number of likely N-dealkylation sites (N-methyl/N-ethyl adjacent to an activating group) is 1. The van der Waals surface area contributed by atoms with Gasteiger partial charge in [0.15, 0.2) is 6.10 Å². The van der Waals surface area contributed by atoms with Gasteiger partial charge in [-0.05, 0) is 24.3 Å². The SMILES string of the molecule is CNC(=O)[C@H]1CN(C(=O)Nc2ccc(C(F)(F)F)cc2)CCO1. The molecule has 9 heteroatoms. The fraction of sp³-hybridized carbons (Fsp3) is 0.429. The molecule has 0 aliphatic carbocycles. The Hall–Kier alpha value is -2.29. The van der Waals surface area contributed by atoms with Gasteiger partial charge in [-0.25, -0.2) is 4.79 Å². The number of morpholine rings is 1. The number of amides is 3. The number of rotatable bonds is 2. The van der Waals surface area contributed by atoms with Crippen LogP contribution in [-0.2, 0) is 15.7 Å². The number of nitrogens with zero attached hydrogens (tertiary/aromatic N) is 1. The molecule has 1 saturated heterocycles. The van der Waals surface area contributed by atoms with Gasteiger partial charge in [0, 0.05) is 19.3 Å². The van der Waals surface area contributed by atoms with Crippen LogP contribution in [-0.4, -0.2) is 49.7 Å². The zero-order chi connectivity index (χ0) is 17.0. The first-order valence-corrected chi connectivity index (χ1v) is 6.87. The lowest BCUT2D eigenvalue weighted by atomic mass is 10.2. The number of hydrogen-bond acceptors (Lipinski definition) is 3. The minimum absolute atomic E-state index is 0.0755. The standard InChI is InChI=1S/C14H16F3N3O3/c1-18-12(21)11-8-20(6-7-23-11)13(22)19-10-4-2-9(3-5-10)14(15,16)17/h2-5,11H,6-8H2,1H3,(H,18,21)(H,19,22)/t11-/m1/s1. The summed E-state index contributed by atoms with van der Waals surface area (Å²) in [6.45, 7) is 0.574. The first kappa shape index (κ1) is 17.1. The van der Waals surface area contributed by atoms with E-state index in [0.717, 1.165) is 12.1 Å². The van der Waals surface area contributed by atoms with E-state index in [0.29, 0.717) is 6.54 Å². The molecule has 6 nitrogen and oxygen atoms in total. The summed E-state index contributed by atoms with van der Waals surface area (Å²) in [6, 6.07) is 3.64. The topological polar surface area (TPSA) is 70.7 Å². The lowest BCUT2D eigenvalue weighted by Crippen LogP contribution is -2.52. The van der Waals surface area contributed by atoms with E-state index in [4.69, 9.17) is 4.74 Å². The van der Waals surface area contributed by atoms with Gasteiger partial charge in [-0.1, -0.05) is 0 Å². The minimum atomic E-state index is -4.42. The van der Waals surface area contributed by atoms with Crippen LogP contribution in [0.2, 0.25) is 0 Å². The molecular formula is C14H16F3N3O3. The van der Waals surface area contributed by atoms with Crippen molar-refractivity contribution in [2.75, 3.05) is 32.1 Å². The van der Waals surface area contributed by atoms with Gasteiger partial charge in [0.2, 0.25) is 0 Å². The Bertz CT molecular complexity index is 575. The third-order valence-corrected chi connectivity index (χ3v) is 3.36. The molecule has 1 atom stereocenters.